The molecule has 5 aromatic rings. The summed E-state index contributed by atoms with van der Waals surface area (Å²) in [5.74, 6) is 0.559. The number of hydrogen-bond donors (Lipinski definition) is 2. The molecule has 3 aromatic heterocycles. The second-order valence-electron chi connectivity index (χ2n) is 7.15. The highest BCUT2D eigenvalue weighted by Crippen LogP contribution is 2.23. The summed E-state index contributed by atoms with van der Waals surface area (Å²) >= 11 is 0. The minimum atomic E-state index is -0.163. The van der Waals surface area contributed by atoms with E-state index in [1.165, 1.54) is 5.56 Å². The van der Waals surface area contributed by atoms with E-state index in [-0.39, 0.29) is 5.91 Å². The average molecular weight is 384 g/mol. The molecule has 6 nitrogen and oxygen atoms in total. The van der Waals surface area contributed by atoms with Gasteiger partial charge >= 0.3 is 0 Å². The molecule has 1 amide bonds. The number of aromatic nitrogens is 3. The lowest BCUT2D eigenvalue weighted by molar-refractivity contribution is 0.0941. The zero-order chi connectivity index (χ0) is 19.8. The van der Waals surface area contributed by atoms with E-state index in [4.69, 9.17) is 4.42 Å². The van der Waals surface area contributed by atoms with Crippen LogP contribution in [0.25, 0.3) is 22.1 Å². The maximum absolute atomic E-state index is 13.0. The van der Waals surface area contributed by atoms with Crippen molar-refractivity contribution in [3.63, 3.8) is 0 Å². The summed E-state index contributed by atoms with van der Waals surface area (Å²) in [4.78, 5) is 20.7. The maximum atomic E-state index is 13.0. The maximum Gasteiger partial charge on any atom is 0.268 e. The molecule has 5 rings (SSSR count). The number of furan rings is 1. The zero-order valence-corrected chi connectivity index (χ0v) is 16.0. The number of aryl methyl sites for hydroxylation is 1. The summed E-state index contributed by atoms with van der Waals surface area (Å²) in [5.41, 5.74) is 6.34. The molecule has 0 spiro atoms. The first kappa shape index (κ1) is 17.3. The van der Waals surface area contributed by atoms with Crippen molar-refractivity contribution in [3.8, 4) is 0 Å². The van der Waals surface area contributed by atoms with Crippen molar-refractivity contribution >= 4 is 28.0 Å². The number of nitrogens with one attached hydrogen (secondary N) is 2. The Morgan fingerprint density at radius 1 is 1.14 bits per heavy atom. The standard InChI is InChI=1S/C23H20N4O2/c1-15-6-8-16(9-7-15)14-27-19-10-11-29-21(19)12-20(27)23(28)24-13-22-25-17-4-2-3-5-18(17)26-22/h2-12H,13-14H2,1H3,(H,24,28)(H,25,26). The highest BCUT2D eigenvalue weighted by atomic mass is 16.3. The lowest BCUT2D eigenvalue weighted by Gasteiger charge is -2.10. The zero-order valence-electron chi connectivity index (χ0n) is 16.0. The molecule has 144 valence electrons. The van der Waals surface area contributed by atoms with Crippen LogP contribution in [0, 0.1) is 6.92 Å². The van der Waals surface area contributed by atoms with Gasteiger partial charge in [-0.2, -0.15) is 0 Å². The molecule has 0 radical (unpaired) electrons. The molecule has 0 saturated carbocycles. The Kier molecular flexibility index (Phi) is 4.17. The van der Waals surface area contributed by atoms with Crippen LogP contribution in [0.1, 0.15) is 27.4 Å². The van der Waals surface area contributed by atoms with Gasteiger partial charge in [-0.3, -0.25) is 4.79 Å². The van der Waals surface area contributed by atoms with Crippen LogP contribution in [0.2, 0.25) is 0 Å². The molecule has 0 saturated heterocycles. The summed E-state index contributed by atoms with van der Waals surface area (Å²) in [5, 5.41) is 2.97. The third-order valence-corrected chi connectivity index (χ3v) is 5.07. The Labute approximate surface area is 167 Å². The second kappa shape index (κ2) is 6.98. The number of imidazole rings is 1. The highest BCUT2D eigenvalue weighted by Gasteiger charge is 2.18. The van der Waals surface area contributed by atoms with Crippen molar-refractivity contribution in [3.05, 3.63) is 89.6 Å². The van der Waals surface area contributed by atoms with Gasteiger partial charge in [0.15, 0.2) is 5.58 Å². The fourth-order valence-corrected chi connectivity index (χ4v) is 3.56. The van der Waals surface area contributed by atoms with Crippen molar-refractivity contribution < 1.29 is 9.21 Å². The Morgan fingerprint density at radius 2 is 1.97 bits per heavy atom. The molecule has 0 atom stereocenters. The predicted molar refractivity (Wildman–Crippen MR) is 112 cm³/mol. The van der Waals surface area contributed by atoms with Gasteiger partial charge in [-0.15, -0.1) is 0 Å². The number of fused-ring (bicyclic) bond motifs is 2. The van der Waals surface area contributed by atoms with E-state index in [9.17, 15) is 4.79 Å². The van der Waals surface area contributed by atoms with Crippen LogP contribution >= 0.6 is 0 Å². The molecule has 2 N–H and O–H groups in total. The third-order valence-electron chi connectivity index (χ3n) is 5.07. The number of carbonyl (C=O) groups is 1. The number of para-hydroxylation sites is 2. The van der Waals surface area contributed by atoms with Crippen LogP contribution in [-0.2, 0) is 13.1 Å². The monoisotopic (exact) mass is 384 g/mol. The van der Waals surface area contributed by atoms with Crippen molar-refractivity contribution in [2.45, 2.75) is 20.0 Å². The van der Waals surface area contributed by atoms with E-state index in [0.717, 1.165) is 27.9 Å². The average Bonchev–Trinajstić information content (AvgIpc) is 3.43. The number of benzene rings is 2. The molecule has 29 heavy (non-hydrogen) atoms. The van der Waals surface area contributed by atoms with E-state index in [1.807, 2.05) is 34.9 Å². The minimum Gasteiger partial charge on any atom is -0.463 e. The fourth-order valence-electron chi connectivity index (χ4n) is 3.56. The van der Waals surface area contributed by atoms with E-state index in [1.54, 1.807) is 12.3 Å². The van der Waals surface area contributed by atoms with Crippen molar-refractivity contribution in [2.24, 2.45) is 0 Å². The Morgan fingerprint density at radius 3 is 2.79 bits per heavy atom. The van der Waals surface area contributed by atoms with Crippen molar-refractivity contribution in [1.82, 2.24) is 19.9 Å². The molecule has 0 aliphatic rings. The van der Waals surface area contributed by atoms with Gasteiger partial charge in [0.25, 0.3) is 5.91 Å². The first-order valence-corrected chi connectivity index (χ1v) is 9.51. The number of H-pyrrole nitrogens is 1. The topological polar surface area (TPSA) is 75.8 Å². The summed E-state index contributed by atoms with van der Waals surface area (Å²) < 4.78 is 7.51. The lowest BCUT2D eigenvalue weighted by atomic mass is 10.1. The smallest absolute Gasteiger partial charge is 0.268 e. The SMILES string of the molecule is Cc1ccc(Cn2c(C(=O)NCc3nc4ccccc4[nH]3)cc3occc32)cc1. The molecule has 3 heterocycles. The summed E-state index contributed by atoms with van der Waals surface area (Å²) in [7, 11) is 0. The summed E-state index contributed by atoms with van der Waals surface area (Å²) in [6.07, 6.45) is 1.65. The normalized spacial score (nSPS) is 11.3. The first-order chi connectivity index (χ1) is 14.2. The van der Waals surface area contributed by atoms with Crippen LogP contribution < -0.4 is 5.32 Å². The Balaban J connectivity index is 1.40. The van der Waals surface area contributed by atoms with Gasteiger partial charge in [0.05, 0.1) is 29.4 Å². The van der Waals surface area contributed by atoms with Crippen LogP contribution in [0.15, 0.2) is 71.3 Å². The second-order valence-corrected chi connectivity index (χ2v) is 7.15. The molecular weight excluding hydrogens is 364 g/mol. The van der Waals surface area contributed by atoms with Gasteiger partial charge in [0.2, 0.25) is 0 Å². The van der Waals surface area contributed by atoms with Crippen LogP contribution in [-0.4, -0.2) is 20.4 Å². The van der Waals surface area contributed by atoms with Gasteiger partial charge in [0, 0.05) is 18.7 Å². The molecule has 6 heteroatoms. The largest absolute Gasteiger partial charge is 0.463 e. The van der Waals surface area contributed by atoms with E-state index in [2.05, 4.69) is 46.5 Å². The highest BCUT2D eigenvalue weighted by molar-refractivity contribution is 5.97. The minimum absolute atomic E-state index is 0.163. The van der Waals surface area contributed by atoms with Gasteiger partial charge in [-0.1, -0.05) is 42.0 Å². The fraction of sp³-hybridized carbons (Fsp3) is 0.130. The Hall–Kier alpha value is -3.80. The first-order valence-electron chi connectivity index (χ1n) is 9.51. The van der Waals surface area contributed by atoms with Crippen LogP contribution in [0.3, 0.4) is 0 Å². The summed E-state index contributed by atoms with van der Waals surface area (Å²) in [6, 6.07) is 19.8. The number of aromatic amines is 1. The van der Waals surface area contributed by atoms with Crippen molar-refractivity contribution in [2.75, 3.05) is 0 Å². The number of amides is 1. The molecule has 2 aromatic carbocycles. The molecule has 0 aliphatic heterocycles. The quantitative estimate of drug-likeness (QED) is 0.472. The number of nitrogens with zero attached hydrogens (tertiary/aromatic N) is 2. The van der Waals surface area contributed by atoms with Crippen LogP contribution in [0.5, 0.6) is 0 Å². The molecular formula is C23H20N4O2. The van der Waals surface area contributed by atoms with E-state index >= 15 is 0 Å². The van der Waals surface area contributed by atoms with E-state index in [0.29, 0.717) is 24.4 Å². The number of carbonyl (C=O) groups excluding carboxylic acids is 1. The predicted octanol–water partition coefficient (Wildman–Crippen LogP) is 4.40. The molecule has 0 fully saturated rings. The van der Waals surface area contributed by atoms with Gasteiger partial charge in [-0.05, 0) is 24.6 Å². The Bertz CT molecular complexity index is 1270. The van der Waals surface area contributed by atoms with Gasteiger partial charge in [0.1, 0.15) is 11.5 Å². The number of hydrogen-bond acceptors (Lipinski definition) is 3. The number of rotatable bonds is 5. The van der Waals surface area contributed by atoms with Crippen molar-refractivity contribution in [1.29, 1.82) is 0 Å². The van der Waals surface area contributed by atoms with Crippen LogP contribution in [0.4, 0.5) is 0 Å². The summed E-state index contributed by atoms with van der Waals surface area (Å²) in [6.45, 7) is 2.98. The van der Waals surface area contributed by atoms with Gasteiger partial charge in [-0.25, -0.2) is 4.98 Å². The molecule has 0 aliphatic carbocycles. The van der Waals surface area contributed by atoms with Gasteiger partial charge < -0.3 is 19.3 Å². The molecule has 0 bridgehead atoms. The van der Waals surface area contributed by atoms with E-state index < -0.39 is 0 Å². The molecule has 0 unspecified atom stereocenters. The lowest BCUT2D eigenvalue weighted by Crippen LogP contribution is -2.26. The third kappa shape index (κ3) is 3.29.